The van der Waals surface area contributed by atoms with Crippen LogP contribution in [0.4, 0.5) is 0 Å². The molecular weight excluding hydrogens is 284 g/mol. The van der Waals surface area contributed by atoms with Crippen LogP contribution in [0.25, 0.3) is 10.9 Å². The minimum Gasteiger partial charge on any atom is -0.253 e. The monoisotopic (exact) mass is 300 g/mol. The molecule has 0 saturated carbocycles. The van der Waals surface area contributed by atoms with Crippen molar-refractivity contribution in [2.24, 2.45) is 0 Å². The first-order chi connectivity index (χ1) is 10.3. The summed E-state index contributed by atoms with van der Waals surface area (Å²) in [5.74, 6) is 0.654. The van der Waals surface area contributed by atoms with Crippen LogP contribution in [0.1, 0.15) is 23.4 Å². The molecule has 0 saturated heterocycles. The molecule has 0 aliphatic carbocycles. The lowest BCUT2D eigenvalue weighted by Gasteiger charge is -2.07. The van der Waals surface area contributed by atoms with E-state index < -0.39 is 0 Å². The molecule has 3 rings (SSSR count). The fourth-order valence-corrected chi connectivity index (χ4v) is 2.61. The molecular formula is C16H17ClN4. The van der Waals surface area contributed by atoms with Crippen LogP contribution >= 0.6 is 11.6 Å². The lowest BCUT2D eigenvalue weighted by molar-refractivity contribution is 0.651. The summed E-state index contributed by atoms with van der Waals surface area (Å²) in [6.07, 6.45) is 3.80. The Morgan fingerprint density at radius 1 is 1.24 bits per heavy atom. The Hall–Kier alpha value is -1.94. The molecule has 2 heterocycles. The van der Waals surface area contributed by atoms with Gasteiger partial charge in [-0.05, 0) is 37.5 Å². The highest BCUT2D eigenvalue weighted by atomic mass is 35.5. The predicted molar refractivity (Wildman–Crippen MR) is 84.6 cm³/mol. The van der Waals surface area contributed by atoms with Gasteiger partial charge in [0.25, 0.3) is 0 Å². The summed E-state index contributed by atoms with van der Waals surface area (Å²) in [6, 6.07) is 10.3. The van der Waals surface area contributed by atoms with Gasteiger partial charge in [0.1, 0.15) is 0 Å². The summed E-state index contributed by atoms with van der Waals surface area (Å²) < 4.78 is 1.88. The van der Waals surface area contributed by atoms with Crippen LogP contribution in [0.15, 0.2) is 36.5 Å². The molecule has 2 aromatic heterocycles. The van der Waals surface area contributed by atoms with Crippen molar-refractivity contribution < 1.29 is 0 Å². The number of hydrogen-bond donors (Lipinski definition) is 0. The molecule has 0 radical (unpaired) electrons. The van der Waals surface area contributed by atoms with Crippen molar-refractivity contribution in [1.82, 2.24) is 20.0 Å². The Morgan fingerprint density at radius 2 is 2.10 bits per heavy atom. The summed E-state index contributed by atoms with van der Waals surface area (Å²) in [4.78, 5) is 4.56. The van der Waals surface area contributed by atoms with E-state index in [1.807, 2.05) is 36.0 Å². The number of nitrogens with zero attached hydrogens (tertiary/aromatic N) is 4. The third-order valence-electron chi connectivity index (χ3n) is 3.41. The van der Waals surface area contributed by atoms with Gasteiger partial charge in [0, 0.05) is 23.2 Å². The zero-order valence-electron chi connectivity index (χ0n) is 12.0. The van der Waals surface area contributed by atoms with Crippen molar-refractivity contribution in [3.05, 3.63) is 53.5 Å². The lowest BCUT2D eigenvalue weighted by Crippen LogP contribution is -2.02. The minimum atomic E-state index is 0.654. The maximum absolute atomic E-state index is 5.71. The molecule has 5 heteroatoms. The lowest BCUT2D eigenvalue weighted by atomic mass is 10.1. The Morgan fingerprint density at radius 3 is 2.95 bits per heavy atom. The van der Waals surface area contributed by atoms with Crippen LogP contribution in [0, 0.1) is 6.92 Å². The van der Waals surface area contributed by atoms with Gasteiger partial charge in [-0.2, -0.15) is 0 Å². The van der Waals surface area contributed by atoms with Crippen molar-refractivity contribution in [3.63, 3.8) is 0 Å². The highest BCUT2D eigenvalue weighted by Gasteiger charge is 2.06. The van der Waals surface area contributed by atoms with E-state index in [-0.39, 0.29) is 0 Å². The number of fused-ring (bicyclic) bond motifs is 1. The fourth-order valence-electron chi connectivity index (χ4n) is 2.48. The maximum Gasteiger partial charge on any atom is 0.0827 e. The smallest absolute Gasteiger partial charge is 0.0827 e. The van der Waals surface area contributed by atoms with Gasteiger partial charge in [-0.1, -0.05) is 23.4 Å². The average Bonchev–Trinajstić information content (AvgIpc) is 2.92. The molecule has 0 amide bonds. The van der Waals surface area contributed by atoms with Crippen LogP contribution in [0.2, 0.25) is 0 Å². The third-order valence-corrected chi connectivity index (χ3v) is 3.68. The molecule has 4 nitrogen and oxygen atoms in total. The molecule has 0 unspecified atom stereocenters. The normalized spacial score (nSPS) is 11.1. The first-order valence-electron chi connectivity index (χ1n) is 7.06. The maximum atomic E-state index is 5.71. The van der Waals surface area contributed by atoms with Crippen molar-refractivity contribution in [1.29, 1.82) is 0 Å². The number of para-hydroxylation sites is 1. The second-order valence-corrected chi connectivity index (χ2v) is 5.52. The van der Waals surface area contributed by atoms with Gasteiger partial charge in [0.15, 0.2) is 0 Å². The van der Waals surface area contributed by atoms with Gasteiger partial charge >= 0.3 is 0 Å². The summed E-state index contributed by atoms with van der Waals surface area (Å²) >= 11 is 5.71. The largest absolute Gasteiger partial charge is 0.253 e. The molecule has 0 aliphatic heterocycles. The Labute approximate surface area is 128 Å². The number of pyridine rings is 1. The number of aryl methyl sites for hydroxylation is 2. The van der Waals surface area contributed by atoms with Crippen LogP contribution < -0.4 is 0 Å². The van der Waals surface area contributed by atoms with Crippen molar-refractivity contribution in [2.45, 2.75) is 26.3 Å². The van der Waals surface area contributed by atoms with Crippen molar-refractivity contribution >= 4 is 22.5 Å². The highest BCUT2D eigenvalue weighted by molar-refractivity contribution is 6.17. The SMILES string of the molecule is Cc1cc(Cn2cc(CCCCl)nn2)c2ccccc2n1. The molecule has 0 spiro atoms. The van der Waals surface area contributed by atoms with Gasteiger partial charge in [0.05, 0.1) is 17.8 Å². The number of halogens is 1. The highest BCUT2D eigenvalue weighted by Crippen LogP contribution is 2.19. The molecule has 108 valence electrons. The number of rotatable bonds is 5. The van der Waals surface area contributed by atoms with E-state index in [4.69, 9.17) is 11.6 Å². The third kappa shape index (κ3) is 3.22. The van der Waals surface area contributed by atoms with Crippen molar-refractivity contribution in [3.8, 4) is 0 Å². The summed E-state index contributed by atoms with van der Waals surface area (Å²) in [5.41, 5.74) is 4.25. The van der Waals surface area contributed by atoms with E-state index in [2.05, 4.69) is 27.4 Å². The zero-order valence-corrected chi connectivity index (χ0v) is 12.7. The fraction of sp³-hybridized carbons (Fsp3) is 0.312. The van der Waals surface area contributed by atoms with Crippen LogP contribution in [-0.4, -0.2) is 25.9 Å². The van der Waals surface area contributed by atoms with E-state index in [0.29, 0.717) is 12.4 Å². The number of hydrogen-bond acceptors (Lipinski definition) is 3. The average molecular weight is 301 g/mol. The molecule has 3 aromatic rings. The Kier molecular flexibility index (Phi) is 4.15. The standard InChI is InChI=1S/C16H17ClN4/c1-12-9-13(15-6-2-3-7-16(15)18-12)10-21-11-14(19-20-21)5-4-8-17/h2-3,6-7,9,11H,4-5,8,10H2,1H3. The zero-order chi connectivity index (χ0) is 14.7. The van der Waals surface area contributed by atoms with Crippen LogP contribution in [0.5, 0.6) is 0 Å². The summed E-state index contributed by atoms with van der Waals surface area (Å²) in [5, 5.41) is 9.56. The van der Waals surface area contributed by atoms with E-state index in [0.717, 1.165) is 29.7 Å². The Bertz CT molecular complexity index is 751. The quantitative estimate of drug-likeness (QED) is 0.679. The summed E-state index contributed by atoms with van der Waals surface area (Å²) in [6.45, 7) is 2.72. The molecule has 0 bridgehead atoms. The number of alkyl halides is 1. The van der Waals surface area contributed by atoms with Gasteiger partial charge in [0.2, 0.25) is 0 Å². The van der Waals surface area contributed by atoms with Gasteiger partial charge in [-0.15, -0.1) is 16.7 Å². The van der Waals surface area contributed by atoms with E-state index in [9.17, 15) is 0 Å². The molecule has 0 atom stereocenters. The second kappa shape index (κ2) is 6.22. The second-order valence-electron chi connectivity index (χ2n) is 5.14. The molecule has 21 heavy (non-hydrogen) atoms. The first kappa shape index (κ1) is 14.0. The summed E-state index contributed by atoms with van der Waals surface area (Å²) in [7, 11) is 0. The van der Waals surface area contributed by atoms with E-state index in [1.165, 1.54) is 10.9 Å². The minimum absolute atomic E-state index is 0.654. The van der Waals surface area contributed by atoms with E-state index >= 15 is 0 Å². The Balaban J connectivity index is 1.89. The van der Waals surface area contributed by atoms with Gasteiger partial charge < -0.3 is 0 Å². The number of benzene rings is 1. The van der Waals surface area contributed by atoms with Crippen molar-refractivity contribution in [2.75, 3.05) is 5.88 Å². The molecule has 0 N–H and O–H groups in total. The van der Waals surface area contributed by atoms with Crippen LogP contribution in [-0.2, 0) is 13.0 Å². The van der Waals surface area contributed by atoms with Crippen LogP contribution in [0.3, 0.4) is 0 Å². The molecule has 0 aliphatic rings. The topological polar surface area (TPSA) is 43.6 Å². The molecule has 1 aromatic carbocycles. The van der Waals surface area contributed by atoms with Gasteiger partial charge in [-0.3, -0.25) is 4.98 Å². The molecule has 0 fully saturated rings. The predicted octanol–water partition coefficient (Wildman–Crippen LogP) is 3.35. The van der Waals surface area contributed by atoms with E-state index in [1.54, 1.807) is 0 Å². The van der Waals surface area contributed by atoms with Gasteiger partial charge in [-0.25, -0.2) is 4.68 Å². The number of aromatic nitrogens is 4. The first-order valence-corrected chi connectivity index (χ1v) is 7.60.